The lowest BCUT2D eigenvalue weighted by Crippen LogP contribution is -2.31. The van der Waals surface area contributed by atoms with Gasteiger partial charge < -0.3 is 0 Å². The molecule has 1 aliphatic carbocycles. The highest BCUT2D eigenvalue weighted by molar-refractivity contribution is 7.84. The van der Waals surface area contributed by atoms with Crippen LogP contribution in [-0.2, 0) is 14.5 Å². The van der Waals surface area contributed by atoms with E-state index in [-0.39, 0.29) is 12.8 Å². The van der Waals surface area contributed by atoms with Crippen LogP contribution >= 0.6 is 0 Å². The molecule has 66 valence electrons. The van der Waals surface area contributed by atoms with Crippen molar-refractivity contribution >= 4 is 10.3 Å². The Hall–Kier alpha value is -0.270. The van der Waals surface area contributed by atoms with E-state index in [1.807, 2.05) is 0 Å². The van der Waals surface area contributed by atoms with Gasteiger partial charge in [0.1, 0.15) is 5.60 Å². The fraction of sp³-hybridized carbons (Fsp3) is 1.00. The molecule has 0 aromatic carbocycles. The second-order valence-corrected chi connectivity index (χ2v) is 3.59. The van der Waals surface area contributed by atoms with E-state index in [0.717, 1.165) is 0 Å². The summed E-state index contributed by atoms with van der Waals surface area (Å²) in [6.45, 7) is 0. The predicted octanol–water partition coefficient (Wildman–Crippen LogP) is 0.00420. The van der Waals surface area contributed by atoms with Crippen LogP contribution in [0, 0.1) is 0 Å². The molecule has 7 heteroatoms. The first kappa shape index (κ1) is 8.82. The number of rotatable bonds is 3. The molecule has 11 heavy (non-hydrogen) atoms. The van der Waals surface area contributed by atoms with Crippen molar-refractivity contribution in [2.24, 2.45) is 5.14 Å². The van der Waals surface area contributed by atoms with Crippen LogP contribution in [0.25, 0.3) is 0 Å². The molecule has 0 heterocycles. The third kappa shape index (κ3) is 2.08. The number of alkyl halides is 2. The maximum atomic E-state index is 12.0. The first-order valence-electron chi connectivity index (χ1n) is 2.87. The lowest BCUT2D eigenvalue weighted by atomic mass is 10.4. The molecule has 0 amide bonds. The van der Waals surface area contributed by atoms with Crippen molar-refractivity contribution in [3.8, 4) is 0 Å². The van der Waals surface area contributed by atoms with Crippen molar-refractivity contribution in [3.05, 3.63) is 0 Å². The number of nitrogens with two attached hydrogens (primary N) is 1. The Balaban J connectivity index is 2.63. The highest BCUT2D eigenvalue weighted by Crippen LogP contribution is 2.45. The van der Waals surface area contributed by atoms with Gasteiger partial charge in [-0.1, -0.05) is 0 Å². The standard InChI is InChI=1S/C4H7F2NO3S/c5-3(6)4(1-2-4)10-11(7,8)9/h3H,1-2H2,(H2,7,8,9). The second kappa shape index (κ2) is 2.36. The lowest BCUT2D eigenvalue weighted by Gasteiger charge is -2.11. The molecule has 1 fully saturated rings. The van der Waals surface area contributed by atoms with Gasteiger partial charge in [-0.2, -0.15) is 8.42 Å². The summed E-state index contributed by atoms with van der Waals surface area (Å²) in [5.41, 5.74) is -1.81. The second-order valence-electron chi connectivity index (χ2n) is 2.44. The zero-order valence-electron chi connectivity index (χ0n) is 5.46. The molecule has 2 N–H and O–H groups in total. The Kier molecular flexibility index (Phi) is 1.89. The number of halogens is 2. The Morgan fingerprint density at radius 1 is 1.45 bits per heavy atom. The summed E-state index contributed by atoms with van der Waals surface area (Å²) in [7, 11) is -4.24. The molecular formula is C4H7F2NO3S. The van der Waals surface area contributed by atoms with E-state index in [1.165, 1.54) is 0 Å². The van der Waals surface area contributed by atoms with Gasteiger partial charge in [0.15, 0.2) is 0 Å². The Bertz CT molecular complexity index is 246. The van der Waals surface area contributed by atoms with Gasteiger partial charge in [-0.15, -0.1) is 0 Å². The monoisotopic (exact) mass is 187 g/mol. The van der Waals surface area contributed by atoms with Crippen LogP contribution in [0.1, 0.15) is 12.8 Å². The van der Waals surface area contributed by atoms with Gasteiger partial charge in [0.05, 0.1) is 0 Å². The van der Waals surface area contributed by atoms with Crippen LogP contribution < -0.4 is 5.14 Å². The van der Waals surface area contributed by atoms with E-state index < -0.39 is 22.3 Å². The van der Waals surface area contributed by atoms with Gasteiger partial charge in [0.25, 0.3) is 6.43 Å². The summed E-state index contributed by atoms with van der Waals surface area (Å²) in [6, 6.07) is 0. The van der Waals surface area contributed by atoms with Crippen LogP contribution in [-0.4, -0.2) is 20.4 Å². The van der Waals surface area contributed by atoms with Crippen molar-refractivity contribution in [1.82, 2.24) is 0 Å². The van der Waals surface area contributed by atoms with Crippen LogP contribution in [0.3, 0.4) is 0 Å². The Morgan fingerprint density at radius 2 is 1.91 bits per heavy atom. The summed E-state index contributed by atoms with van der Waals surface area (Å²) in [5.74, 6) is 0. The van der Waals surface area contributed by atoms with Gasteiger partial charge in [0.2, 0.25) is 0 Å². The molecule has 1 saturated carbocycles. The maximum Gasteiger partial charge on any atom is 0.334 e. The van der Waals surface area contributed by atoms with E-state index in [9.17, 15) is 17.2 Å². The molecule has 0 aromatic heterocycles. The molecule has 0 radical (unpaired) electrons. The quantitative estimate of drug-likeness (QED) is 0.676. The van der Waals surface area contributed by atoms with Crippen molar-refractivity contribution < 1.29 is 21.4 Å². The summed E-state index contributed by atoms with van der Waals surface area (Å²) in [5, 5.41) is 4.42. The fourth-order valence-electron chi connectivity index (χ4n) is 0.692. The highest BCUT2D eigenvalue weighted by atomic mass is 32.2. The van der Waals surface area contributed by atoms with Crippen molar-refractivity contribution in [1.29, 1.82) is 0 Å². The smallest absolute Gasteiger partial charge is 0.245 e. The molecule has 0 atom stereocenters. The highest BCUT2D eigenvalue weighted by Gasteiger charge is 2.55. The van der Waals surface area contributed by atoms with Crippen LogP contribution in [0.4, 0.5) is 8.78 Å². The minimum Gasteiger partial charge on any atom is -0.245 e. The molecule has 1 aliphatic rings. The molecule has 4 nitrogen and oxygen atoms in total. The topological polar surface area (TPSA) is 69.4 Å². The Labute approximate surface area is 62.6 Å². The van der Waals surface area contributed by atoms with E-state index in [1.54, 1.807) is 0 Å². The van der Waals surface area contributed by atoms with E-state index in [0.29, 0.717) is 0 Å². The summed E-state index contributed by atoms with van der Waals surface area (Å²) < 4.78 is 48.3. The third-order valence-corrected chi connectivity index (χ3v) is 1.99. The van der Waals surface area contributed by atoms with E-state index >= 15 is 0 Å². The summed E-state index contributed by atoms with van der Waals surface area (Å²) in [4.78, 5) is 0. The van der Waals surface area contributed by atoms with Gasteiger partial charge >= 0.3 is 10.3 Å². The lowest BCUT2D eigenvalue weighted by molar-refractivity contribution is -0.00312. The predicted molar refractivity (Wildman–Crippen MR) is 32.2 cm³/mol. The SMILES string of the molecule is NS(=O)(=O)OC1(C(F)F)CC1. The van der Waals surface area contributed by atoms with Gasteiger partial charge in [0, 0.05) is 0 Å². The van der Waals surface area contributed by atoms with Crippen molar-refractivity contribution in [2.45, 2.75) is 24.9 Å². The third-order valence-electron chi connectivity index (χ3n) is 1.42. The van der Waals surface area contributed by atoms with Gasteiger partial charge in [-0.05, 0) is 12.8 Å². The summed E-state index contributed by atoms with van der Waals surface area (Å²) >= 11 is 0. The molecule has 0 aromatic rings. The van der Waals surface area contributed by atoms with Crippen molar-refractivity contribution in [2.75, 3.05) is 0 Å². The number of hydrogen-bond acceptors (Lipinski definition) is 3. The minimum atomic E-state index is -4.24. The van der Waals surface area contributed by atoms with Crippen LogP contribution in [0.15, 0.2) is 0 Å². The molecule has 0 bridgehead atoms. The number of hydrogen-bond donors (Lipinski definition) is 1. The first-order valence-corrected chi connectivity index (χ1v) is 4.34. The molecule has 0 unspecified atom stereocenters. The Morgan fingerprint density at radius 3 is 2.00 bits per heavy atom. The fourth-order valence-corrected chi connectivity index (χ4v) is 1.39. The average molecular weight is 187 g/mol. The molecule has 0 aliphatic heterocycles. The van der Waals surface area contributed by atoms with Crippen LogP contribution in [0.2, 0.25) is 0 Å². The van der Waals surface area contributed by atoms with E-state index in [4.69, 9.17) is 0 Å². The van der Waals surface area contributed by atoms with E-state index in [2.05, 4.69) is 9.32 Å². The first-order chi connectivity index (χ1) is 4.86. The zero-order valence-corrected chi connectivity index (χ0v) is 6.27. The maximum absolute atomic E-state index is 12.0. The van der Waals surface area contributed by atoms with Crippen molar-refractivity contribution in [3.63, 3.8) is 0 Å². The van der Waals surface area contributed by atoms with Crippen LogP contribution in [0.5, 0.6) is 0 Å². The zero-order chi connectivity index (χ0) is 8.70. The largest absolute Gasteiger partial charge is 0.334 e. The summed E-state index contributed by atoms with van der Waals surface area (Å²) in [6.07, 6.45) is -2.71. The molecular weight excluding hydrogens is 180 g/mol. The normalized spacial score (nSPS) is 22.2. The molecule has 1 rings (SSSR count). The average Bonchev–Trinajstić information content (AvgIpc) is 2.43. The molecule has 0 spiro atoms. The van der Waals surface area contributed by atoms with Gasteiger partial charge in [-0.3, -0.25) is 0 Å². The minimum absolute atomic E-state index is 0.0428. The van der Waals surface area contributed by atoms with Gasteiger partial charge in [-0.25, -0.2) is 18.1 Å². The molecule has 0 saturated heterocycles.